The number of anilines is 1. The Kier molecular flexibility index (Phi) is 2.52. The van der Waals surface area contributed by atoms with Crippen molar-refractivity contribution < 1.29 is 4.79 Å². The van der Waals surface area contributed by atoms with E-state index >= 15 is 0 Å². The van der Waals surface area contributed by atoms with Gasteiger partial charge in [0.15, 0.2) is 0 Å². The van der Waals surface area contributed by atoms with Crippen molar-refractivity contribution in [2.24, 2.45) is 7.05 Å². The Hall–Kier alpha value is -2.28. The molecule has 7 heteroatoms. The molecular formula is C11H9N5OS. The first kappa shape index (κ1) is 10.8. The lowest BCUT2D eigenvalue weighted by atomic mass is 10.2. The molecule has 3 aromatic rings. The molecule has 0 saturated heterocycles. The Bertz CT molecular complexity index is 703. The highest BCUT2D eigenvalue weighted by Crippen LogP contribution is 2.16. The molecule has 0 atom stereocenters. The highest BCUT2D eigenvalue weighted by Gasteiger charge is 2.10. The molecule has 0 radical (unpaired) electrons. The minimum absolute atomic E-state index is 0.209. The summed E-state index contributed by atoms with van der Waals surface area (Å²) in [5.74, 6) is -0.209. The van der Waals surface area contributed by atoms with Gasteiger partial charge >= 0.3 is 0 Å². The zero-order valence-electron chi connectivity index (χ0n) is 9.49. The van der Waals surface area contributed by atoms with Gasteiger partial charge in [0.2, 0.25) is 5.13 Å². The Morgan fingerprint density at radius 2 is 2.33 bits per heavy atom. The largest absolute Gasteiger partial charge is 0.334 e. The molecule has 6 nitrogen and oxygen atoms in total. The van der Waals surface area contributed by atoms with Crippen molar-refractivity contribution in [3.05, 3.63) is 35.6 Å². The van der Waals surface area contributed by atoms with Crippen LogP contribution in [0.25, 0.3) is 11.0 Å². The molecule has 90 valence electrons. The van der Waals surface area contributed by atoms with Gasteiger partial charge in [-0.05, 0) is 18.2 Å². The lowest BCUT2D eigenvalue weighted by Crippen LogP contribution is -2.11. The highest BCUT2D eigenvalue weighted by molar-refractivity contribution is 7.13. The number of hydrogen-bond donors (Lipinski definition) is 1. The van der Waals surface area contributed by atoms with Gasteiger partial charge < -0.3 is 4.57 Å². The van der Waals surface area contributed by atoms with Crippen molar-refractivity contribution >= 4 is 33.4 Å². The zero-order valence-corrected chi connectivity index (χ0v) is 10.3. The fraction of sp³-hybridized carbons (Fsp3) is 0.0909. The second-order valence-electron chi connectivity index (χ2n) is 3.76. The van der Waals surface area contributed by atoms with Crippen LogP contribution in [0.2, 0.25) is 0 Å². The Labute approximate surface area is 106 Å². The van der Waals surface area contributed by atoms with Crippen LogP contribution in [0, 0.1) is 0 Å². The molecule has 0 fully saturated rings. The van der Waals surface area contributed by atoms with Gasteiger partial charge in [-0.2, -0.15) is 0 Å². The fourth-order valence-corrected chi connectivity index (χ4v) is 2.11. The predicted molar refractivity (Wildman–Crippen MR) is 68.6 cm³/mol. The molecule has 2 heterocycles. The lowest BCUT2D eigenvalue weighted by molar-refractivity contribution is 0.102. The molecular weight excluding hydrogens is 250 g/mol. The third-order valence-electron chi connectivity index (χ3n) is 2.57. The molecule has 0 aliphatic heterocycles. The fourth-order valence-electron chi connectivity index (χ4n) is 1.67. The maximum atomic E-state index is 12.0. The first-order chi connectivity index (χ1) is 8.74. The second kappa shape index (κ2) is 4.19. The number of carbonyl (C=O) groups excluding carboxylic acids is 1. The summed E-state index contributed by atoms with van der Waals surface area (Å²) >= 11 is 1.28. The number of amides is 1. The molecule has 0 bridgehead atoms. The molecule has 1 amide bonds. The van der Waals surface area contributed by atoms with Crippen molar-refractivity contribution in [1.82, 2.24) is 19.7 Å². The van der Waals surface area contributed by atoms with Gasteiger partial charge in [0.1, 0.15) is 5.51 Å². The van der Waals surface area contributed by atoms with E-state index in [9.17, 15) is 4.79 Å². The minimum atomic E-state index is -0.209. The number of benzene rings is 1. The Morgan fingerprint density at radius 3 is 3.11 bits per heavy atom. The van der Waals surface area contributed by atoms with E-state index < -0.39 is 0 Å². The number of nitrogens with one attached hydrogen (secondary N) is 1. The number of imidazole rings is 1. The van der Waals surface area contributed by atoms with E-state index in [1.54, 1.807) is 24.0 Å². The number of aromatic nitrogens is 4. The summed E-state index contributed by atoms with van der Waals surface area (Å²) in [5.41, 5.74) is 3.90. The lowest BCUT2D eigenvalue weighted by Gasteiger charge is -2.01. The van der Waals surface area contributed by atoms with Crippen LogP contribution in [0.5, 0.6) is 0 Å². The molecule has 0 saturated carbocycles. The average Bonchev–Trinajstić information content (AvgIpc) is 2.99. The first-order valence-electron chi connectivity index (χ1n) is 5.22. The smallest absolute Gasteiger partial charge is 0.257 e. The minimum Gasteiger partial charge on any atom is -0.334 e. The van der Waals surface area contributed by atoms with Gasteiger partial charge in [0, 0.05) is 12.6 Å². The summed E-state index contributed by atoms with van der Waals surface area (Å²) in [5, 5.41) is 10.6. The molecule has 1 N–H and O–H groups in total. The van der Waals surface area contributed by atoms with Gasteiger partial charge in [-0.15, -0.1) is 10.2 Å². The number of carbonyl (C=O) groups is 1. The molecule has 0 spiro atoms. The van der Waals surface area contributed by atoms with Crippen molar-refractivity contribution in [2.75, 3.05) is 5.32 Å². The van der Waals surface area contributed by atoms with Crippen molar-refractivity contribution in [3.8, 4) is 0 Å². The number of hydrogen-bond acceptors (Lipinski definition) is 5. The van der Waals surface area contributed by atoms with Crippen LogP contribution in [-0.2, 0) is 7.05 Å². The predicted octanol–water partition coefficient (Wildman–Crippen LogP) is 1.68. The maximum Gasteiger partial charge on any atom is 0.257 e. The third-order valence-corrected chi connectivity index (χ3v) is 3.17. The Balaban J connectivity index is 1.92. The van der Waals surface area contributed by atoms with E-state index in [2.05, 4.69) is 20.5 Å². The van der Waals surface area contributed by atoms with Crippen LogP contribution < -0.4 is 5.32 Å². The van der Waals surface area contributed by atoms with Gasteiger partial charge in [0.05, 0.1) is 17.4 Å². The molecule has 0 unspecified atom stereocenters. The van der Waals surface area contributed by atoms with E-state index in [-0.39, 0.29) is 5.91 Å². The summed E-state index contributed by atoms with van der Waals surface area (Å²) in [7, 11) is 1.91. The first-order valence-corrected chi connectivity index (χ1v) is 6.10. The van der Waals surface area contributed by atoms with E-state index in [0.29, 0.717) is 10.7 Å². The molecule has 3 rings (SSSR count). The molecule has 0 aliphatic rings. The second-order valence-corrected chi connectivity index (χ2v) is 4.59. The van der Waals surface area contributed by atoms with Gasteiger partial charge in [0.25, 0.3) is 5.91 Å². The summed E-state index contributed by atoms with van der Waals surface area (Å²) in [6, 6.07) is 5.39. The normalized spacial score (nSPS) is 10.7. The highest BCUT2D eigenvalue weighted by atomic mass is 32.1. The van der Waals surface area contributed by atoms with Crippen molar-refractivity contribution in [3.63, 3.8) is 0 Å². The van der Waals surface area contributed by atoms with Crippen molar-refractivity contribution in [1.29, 1.82) is 0 Å². The van der Waals surface area contributed by atoms with E-state index in [1.165, 1.54) is 11.3 Å². The van der Waals surface area contributed by atoms with Crippen LogP contribution in [-0.4, -0.2) is 25.7 Å². The zero-order chi connectivity index (χ0) is 12.5. The average molecular weight is 259 g/mol. The van der Waals surface area contributed by atoms with E-state index in [4.69, 9.17) is 0 Å². The molecule has 0 aliphatic carbocycles. The summed E-state index contributed by atoms with van der Waals surface area (Å²) in [4.78, 5) is 16.2. The van der Waals surface area contributed by atoms with E-state index in [0.717, 1.165) is 11.0 Å². The van der Waals surface area contributed by atoms with Crippen LogP contribution >= 0.6 is 11.3 Å². The number of nitrogens with zero attached hydrogens (tertiary/aromatic N) is 4. The van der Waals surface area contributed by atoms with Crippen LogP contribution in [0.1, 0.15) is 10.4 Å². The summed E-state index contributed by atoms with van der Waals surface area (Å²) in [6.07, 6.45) is 1.72. The topological polar surface area (TPSA) is 72.7 Å². The molecule has 2 aromatic heterocycles. The third kappa shape index (κ3) is 1.84. The standard InChI is InChI=1S/C11H9N5OS/c1-16-5-12-8-4-7(2-3-9(8)16)10(17)14-11-15-13-6-18-11/h2-6H,1H3,(H,14,15,17). The van der Waals surface area contributed by atoms with Gasteiger partial charge in [-0.3, -0.25) is 10.1 Å². The maximum absolute atomic E-state index is 12.0. The van der Waals surface area contributed by atoms with Crippen molar-refractivity contribution in [2.45, 2.75) is 0 Å². The number of fused-ring (bicyclic) bond motifs is 1. The summed E-state index contributed by atoms with van der Waals surface area (Å²) < 4.78 is 1.90. The molecule has 18 heavy (non-hydrogen) atoms. The number of aryl methyl sites for hydroxylation is 1. The Morgan fingerprint density at radius 1 is 1.44 bits per heavy atom. The quantitative estimate of drug-likeness (QED) is 0.760. The monoisotopic (exact) mass is 259 g/mol. The van der Waals surface area contributed by atoms with Gasteiger partial charge in [-0.25, -0.2) is 4.98 Å². The van der Waals surface area contributed by atoms with Crippen LogP contribution in [0.3, 0.4) is 0 Å². The van der Waals surface area contributed by atoms with Gasteiger partial charge in [-0.1, -0.05) is 11.3 Å². The number of rotatable bonds is 2. The van der Waals surface area contributed by atoms with Crippen LogP contribution in [0.15, 0.2) is 30.0 Å². The SMILES string of the molecule is Cn1cnc2cc(C(=O)Nc3nncs3)ccc21. The summed E-state index contributed by atoms with van der Waals surface area (Å²) in [6.45, 7) is 0. The van der Waals surface area contributed by atoms with Crippen LogP contribution in [0.4, 0.5) is 5.13 Å². The molecule has 1 aromatic carbocycles. The van der Waals surface area contributed by atoms with E-state index in [1.807, 2.05) is 17.7 Å².